The lowest BCUT2D eigenvalue weighted by Crippen LogP contribution is -2.47. The highest BCUT2D eigenvalue weighted by Crippen LogP contribution is 2.22. The molecule has 15 heavy (non-hydrogen) atoms. The van der Waals surface area contributed by atoms with Gasteiger partial charge in [-0.15, -0.1) is 0 Å². The van der Waals surface area contributed by atoms with Gasteiger partial charge in [-0.3, -0.25) is 9.69 Å². The molecule has 0 aliphatic carbocycles. The van der Waals surface area contributed by atoms with E-state index >= 15 is 0 Å². The Hall–Kier alpha value is -0.570. The van der Waals surface area contributed by atoms with Gasteiger partial charge >= 0.3 is 5.97 Å². The van der Waals surface area contributed by atoms with Crippen molar-refractivity contribution >= 4 is 5.97 Å². The van der Waals surface area contributed by atoms with Crippen molar-refractivity contribution in [3.8, 4) is 0 Å². The largest absolute Gasteiger partial charge is 0.465 e. The van der Waals surface area contributed by atoms with Gasteiger partial charge in [-0.2, -0.15) is 0 Å². The fourth-order valence-electron chi connectivity index (χ4n) is 2.44. The number of rotatable bonds is 3. The first-order chi connectivity index (χ1) is 7.04. The van der Waals surface area contributed by atoms with Crippen molar-refractivity contribution in [1.82, 2.24) is 4.90 Å². The molecule has 3 nitrogen and oxygen atoms in total. The molecule has 1 aliphatic heterocycles. The van der Waals surface area contributed by atoms with Crippen LogP contribution >= 0.6 is 0 Å². The minimum atomic E-state index is -0.0878. The molecule has 3 heteroatoms. The lowest BCUT2D eigenvalue weighted by atomic mass is 9.91. The second-order valence-electron chi connectivity index (χ2n) is 4.83. The molecule has 3 atom stereocenters. The Balaban J connectivity index is 2.51. The molecule has 0 spiro atoms. The molecule has 1 fully saturated rings. The maximum Gasteiger partial charge on any atom is 0.323 e. The lowest BCUT2D eigenvalue weighted by Gasteiger charge is -2.37. The van der Waals surface area contributed by atoms with Crippen LogP contribution in [0.5, 0.6) is 0 Å². The molecular formula is C12H23NO2. The van der Waals surface area contributed by atoms with E-state index in [0.29, 0.717) is 18.4 Å². The van der Waals surface area contributed by atoms with E-state index < -0.39 is 0 Å². The monoisotopic (exact) mass is 213 g/mol. The summed E-state index contributed by atoms with van der Waals surface area (Å²) in [5.41, 5.74) is 0. The van der Waals surface area contributed by atoms with Gasteiger partial charge in [0.15, 0.2) is 0 Å². The molecule has 1 saturated heterocycles. The van der Waals surface area contributed by atoms with Gasteiger partial charge < -0.3 is 4.74 Å². The third-order valence-electron chi connectivity index (χ3n) is 3.07. The number of nitrogens with zero attached hydrogens (tertiary/aromatic N) is 1. The first-order valence-corrected chi connectivity index (χ1v) is 5.95. The van der Waals surface area contributed by atoms with Crippen molar-refractivity contribution in [2.24, 2.45) is 11.8 Å². The highest BCUT2D eigenvalue weighted by molar-refractivity contribution is 5.75. The van der Waals surface area contributed by atoms with Crippen molar-refractivity contribution in [3.63, 3.8) is 0 Å². The van der Waals surface area contributed by atoms with Gasteiger partial charge in [0.05, 0.1) is 6.61 Å². The van der Waals surface area contributed by atoms with Crippen LogP contribution in [0.4, 0.5) is 0 Å². The summed E-state index contributed by atoms with van der Waals surface area (Å²) in [5, 5.41) is 0. The van der Waals surface area contributed by atoms with E-state index in [9.17, 15) is 4.79 Å². The Morgan fingerprint density at radius 2 is 1.93 bits per heavy atom. The Morgan fingerprint density at radius 1 is 1.40 bits per heavy atom. The van der Waals surface area contributed by atoms with Crippen LogP contribution in [0.1, 0.15) is 34.1 Å². The summed E-state index contributed by atoms with van der Waals surface area (Å²) >= 11 is 0. The molecular weight excluding hydrogens is 190 g/mol. The summed E-state index contributed by atoms with van der Waals surface area (Å²) < 4.78 is 5.05. The molecule has 0 N–H and O–H groups in total. The quantitative estimate of drug-likeness (QED) is 0.671. The fourth-order valence-corrected chi connectivity index (χ4v) is 2.44. The lowest BCUT2D eigenvalue weighted by molar-refractivity contribution is -0.149. The van der Waals surface area contributed by atoms with Crippen LogP contribution in [-0.2, 0) is 9.53 Å². The van der Waals surface area contributed by atoms with E-state index in [0.717, 1.165) is 13.1 Å². The average Bonchev–Trinajstić information content (AvgIpc) is 2.15. The zero-order valence-electron chi connectivity index (χ0n) is 10.3. The third-order valence-corrected chi connectivity index (χ3v) is 3.07. The van der Waals surface area contributed by atoms with E-state index in [1.165, 1.54) is 6.42 Å². The van der Waals surface area contributed by atoms with E-state index in [4.69, 9.17) is 4.74 Å². The Bertz CT molecular complexity index is 208. The van der Waals surface area contributed by atoms with Gasteiger partial charge in [0.2, 0.25) is 0 Å². The van der Waals surface area contributed by atoms with Crippen LogP contribution in [0.25, 0.3) is 0 Å². The second kappa shape index (κ2) is 5.50. The van der Waals surface area contributed by atoms with Gasteiger partial charge in [0.1, 0.15) is 6.04 Å². The molecule has 0 saturated carbocycles. The fraction of sp³-hybridized carbons (Fsp3) is 0.917. The van der Waals surface area contributed by atoms with Gasteiger partial charge in [0, 0.05) is 13.1 Å². The highest BCUT2D eigenvalue weighted by Gasteiger charge is 2.29. The molecule has 0 unspecified atom stereocenters. The van der Waals surface area contributed by atoms with Crippen LogP contribution in [0, 0.1) is 11.8 Å². The number of hydrogen-bond donors (Lipinski definition) is 0. The number of piperidine rings is 1. The van der Waals surface area contributed by atoms with E-state index in [1.54, 1.807) is 0 Å². The molecule has 0 aromatic carbocycles. The minimum Gasteiger partial charge on any atom is -0.465 e. The number of esters is 1. The van der Waals surface area contributed by atoms with Crippen molar-refractivity contribution in [2.45, 2.75) is 40.2 Å². The first-order valence-electron chi connectivity index (χ1n) is 5.95. The van der Waals surface area contributed by atoms with E-state index in [1.807, 2.05) is 13.8 Å². The summed E-state index contributed by atoms with van der Waals surface area (Å²) in [6.45, 7) is 10.8. The summed E-state index contributed by atoms with van der Waals surface area (Å²) in [4.78, 5) is 13.8. The van der Waals surface area contributed by atoms with Crippen LogP contribution in [-0.4, -0.2) is 36.6 Å². The minimum absolute atomic E-state index is 0.0844. The van der Waals surface area contributed by atoms with Crippen LogP contribution in [0.2, 0.25) is 0 Å². The van der Waals surface area contributed by atoms with Gasteiger partial charge in [-0.25, -0.2) is 0 Å². The summed E-state index contributed by atoms with van der Waals surface area (Å²) in [6, 6.07) is -0.0878. The number of hydrogen-bond acceptors (Lipinski definition) is 3. The summed E-state index contributed by atoms with van der Waals surface area (Å²) in [7, 11) is 0. The van der Waals surface area contributed by atoms with Crippen molar-refractivity contribution < 1.29 is 9.53 Å². The van der Waals surface area contributed by atoms with Crippen LogP contribution in [0.3, 0.4) is 0 Å². The second-order valence-corrected chi connectivity index (χ2v) is 4.83. The molecule has 1 rings (SSSR count). The Labute approximate surface area is 92.8 Å². The van der Waals surface area contributed by atoms with Crippen LogP contribution < -0.4 is 0 Å². The summed E-state index contributed by atoms with van der Waals surface area (Å²) in [6.07, 6.45) is 1.27. The SMILES string of the molecule is CCOC(=O)[C@@H](C)N1C[C@H](C)C[C@H](C)C1. The average molecular weight is 213 g/mol. The maximum atomic E-state index is 11.6. The maximum absolute atomic E-state index is 11.6. The Kier molecular flexibility index (Phi) is 4.58. The zero-order chi connectivity index (χ0) is 11.4. The number of carbonyl (C=O) groups is 1. The topological polar surface area (TPSA) is 29.5 Å². The molecule has 0 amide bonds. The van der Waals surface area contributed by atoms with E-state index in [-0.39, 0.29) is 12.0 Å². The molecule has 0 aromatic heterocycles. The van der Waals surface area contributed by atoms with Crippen molar-refractivity contribution in [1.29, 1.82) is 0 Å². The number of carbonyl (C=O) groups excluding carboxylic acids is 1. The molecule has 0 radical (unpaired) electrons. The van der Waals surface area contributed by atoms with Crippen molar-refractivity contribution in [2.75, 3.05) is 19.7 Å². The molecule has 1 heterocycles. The van der Waals surface area contributed by atoms with Gasteiger partial charge in [-0.05, 0) is 32.1 Å². The first kappa shape index (κ1) is 12.5. The smallest absolute Gasteiger partial charge is 0.323 e. The standard InChI is InChI=1S/C12H23NO2/c1-5-15-12(14)11(4)13-7-9(2)6-10(3)8-13/h9-11H,5-8H2,1-4H3/t9-,10+,11-/m1/s1. The zero-order valence-corrected chi connectivity index (χ0v) is 10.3. The molecule has 88 valence electrons. The normalized spacial score (nSPS) is 29.9. The predicted octanol–water partition coefficient (Wildman–Crippen LogP) is 1.92. The molecule has 0 bridgehead atoms. The van der Waals surface area contributed by atoms with Crippen molar-refractivity contribution in [3.05, 3.63) is 0 Å². The summed E-state index contributed by atoms with van der Waals surface area (Å²) in [5.74, 6) is 1.29. The van der Waals surface area contributed by atoms with Gasteiger partial charge in [-0.1, -0.05) is 13.8 Å². The molecule has 1 aliphatic rings. The Morgan fingerprint density at radius 3 is 2.40 bits per heavy atom. The third kappa shape index (κ3) is 3.49. The van der Waals surface area contributed by atoms with Crippen LogP contribution in [0.15, 0.2) is 0 Å². The molecule has 0 aromatic rings. The predicted molar refractivity (Wildman–Crippen MR) is 60.6 cm³/mol. The van der Waals surface area contributed by atoms with E-state index in [2.05, 4.69) is 18.7 Å². The number of ether oxygens (including phenoxy) is 1. The van der Waals surface area contributed by atoms with Gasteiger partial charge in [0.25, 0.3) is 0 Å². The number of likely N-dealkylation sites (tertiary alicyclic amines) is 1. The highest BCUT2D eigenvalue weighted by atomic mass is 16.5.